The van der Waals surface area contributed by atoms with Gasteiger partial charge >= 0.3 is 0 Å². The number of hydrogen-bond acceptors (Lipinski definition) is 5. The molecule has 0 saturated heterocycles. The number of amides is 1. The standard InChI is InChI=1S/C25H26F2N4O3/c1-25(2,28)15-7-9-16(10-8-15)29-24(33)19-13-31(17-11-12-17)30-22(23(19)32)18-5-3-4-6-20(18)34-14-21(26)27/h3-10,13,17,21H,11-12,14,28H2,1-2H3,(H,29,33). The molecule has 4 rings (SSSR count). The van der Waals surface area contributed by atoms with Gasteiger partial charge in [0.15, 0.2) is 0 Å². The van der Waals surface area contributed by atoms with E-state index in [0.29, 0.717) is 5.69 Å². The van der Waals surface area contributed by atoms with Gasteiger partial charge in [-0.25, -0.2) is 8.78 Å². The second-order valence-corrected chi connectivity index (χ2v) is 8.88. The van der Waals surface area contributed by atoms with Crippen molar-refractivity contribution in [3.8, 4) is 17.0 Å². The van der Waals surface area contributed by atoms with E-state index in [-0.39, 0.29) is 28.6 Å². The topological polar surface area (TPSA) is 99.2 Å². The van der Waals surface area contributed by atoms with Crippen molar-refractivity contribution in [1.29, 1.82) is 0 Å². The van der Waals surface area contributed by atoms with Gasteiger partial charge in [-0.2, -0.15) is 5.10 Å². The van der Waals surface area contributed by atoms with Crippen LogP contribution in [0, 0.1) is 0 Å². The molecule has 3 N–H and O–H groups in total. The third-order valence-corrected chi connectivity index (χ3v) is 5.50. The minimum Gasteiger partial charge on any atom is -0.487 e. The predicted molar refractivity (Wildman–Crippen MR) is 125 cm³/mol. The van der Waals surface area contributed by atoms with E-state index < -0.39 is 29.9 Å². The minimum atomic E-state index is -2.67. The molecule has 0 unspecified atom stereocenters. The van der Waals surface area contributed by atoms with Crippen molar-refractivity contribution in [3.05, 3.63) is 76.1 Å². The average Bonchev–Trinajstić information content (AvgIpc) is 3.63. The first-order valence-electron chi connectivity index (χ1n) is 11.0. The second kappa shape index (κ2) is 9.34. The number of hydrogen-bond donors (Lipinski definition) is 2. The lowest BCUT2D eigenvalue weighted by Gasteiger charge is -2.19. The molecule has 2 aromatic carbocycles. The Morgan fingerprint density at radius 2 is 1.88 bits per heavy atom. The molecule has 1 amide bonds. The van der Waals surface area contributed by atoms with Crippen LogP contribution in [0.4, 0.5) is 14.5 Å². The lowest BCUT2D eigenvalue weighted by molar-refractivity contribution is 0.0821. The van der Waals surface area contributed by atoms with Crippen molar-refractivity contribution in [2.45, 2.75) is 44.7 Å². The highest BCUT2D eigenvalue weighted by atomic mass is 19.3. The Balaban J connectivity index is 1.70. The van der Waals surface area contributed by atoms with E-state index in [1.165, 1.54) is 12.3 Å². The molecule has 0 bridgehead atoms. The van der Waals surface area contributed by atoms with Crippen molar-refractivity contribution >= 4 is 11.6 Å². The zero-order chi connectivity index (χ0) is 24.5. The van der Waals surface area contributed by atoms with E-state index in [1.54, 1.807) is 35.0 Å². The molecule has 9 heteroatoms. The van der Waals surface area contributed by atoms with Gasteiger partial charge in [0.05, 0.1) is 6.04 Å². The number of halogens is 2. The first-order chi connectivity index (χ1) is 16.1. The fourth-order valence-corrected chi connectivity index (χ4v) is 3.49. The summed E-state index contributed by atoms with van der Waals surface area (Å²) in [6, 6.07) is 13.5. The number of anilines is 1. The molecule has 1 aliphatic rings. The van der Waals surface area contributed by atoms with Crippen LogP contribution >= 0.6 is 0 Å². The lowest BCUT2D eigenvalue weighted by atomic mass is 9.95. The molecule has 1 aliphatic carbocycles. The van der Waals surface area contributed by atoms with Gasteiger partial charge in [-0.05, 0) is 56.5 Å². The van der Waals surface area contributed by atoms with Crippen LogP contribution in [-0.2, 0) is 5.54 Å². The molecule has 3 aromatic rings. The molecule has 7 nitrogen and oxygen atoms in total. The Morgan fingerprint density at radius 1 is 1.21 bits per heavy atom. The molecule has 1 saturated carbocycles. The summed E-state index contributed by atoms with van der Waals surface area (Å²) >= 11 is 0. The summed E-state index contributed by atoms with van der Waals surface area (Å²) in [4.78, 5) is 26.4. The third-order valence-electron chi connectivity index (χ3n) is 5.50. The highest BCUT2D eigenvalue weighted by Crippen LogP contribution is 2.35. The summed E-state index contributed by atoms with van der Waals surface area (Å²) in [6.45, 7) is 2.94. The zero-order valence-corrected chi connectivity index (χ0v) is 18.9. The maximum absolute atomic E-state index is 13.3. The molecule has 0 radical (unpaired) electrons. The third kappa shape index (κ3) is 5.31. The normalized spacial score (nSPS) is 13.7. The maximum Gasteiger partial charge on any atom is 0.272 e. The van der Waals surface area contributed by atoms with Gasteiger partial charge < -0.3 is 15.8 Å². The van der Waals surface area contributed by atoms with Crippen LogP contribution in [-0.4, -0.2) is 28.7 Å². The monoisotopic (exact) mass is 468 g/mol. The quantitative estimate of drug-likeness (QED) is 0.513. The van der Waals surface area contributed by atoms with E-state index in [1.807, 2.05) is 26.0 Å². The van der Waals surface area contributed by atoms with Crippen molar-refractivity contribution < 1.29 is 18.3 Å². The van der Waals surface area contributed by atoms with Crippen molar-refractivity contribution in [2.75, 3.05) is 11.9 Å². The molecule has 34 heavy (non-hydrogen) atoms. The van der Waals surface area contributed by atoms with Gasteiger partial charge in [0.2, 0.25) is 5.43 Å². The van der Waals surface area contributed by atoms with Crippen LogP contribution in [0.25, 0.3) is 11.3 Å². The number of para-hydroxylation sites is 1. The number of aromatic nitrogens is 2. The summed E-state index contributed by atoms with van der Waals surface area (Å²) < 4.78 is 32.2. The van der Waals surface area contributed by atoms with E-state index in [0.717, 1.165) is 18.4 Å². The summed E-state index contributed by atoms with van der Waals surface area (Å²) in [5.41, 5.74) is 6.51. The summed E-state index contributed by atoms with van der Waals surface area (Å²) in [5, 5.41) is 7.17. The highest BCUT2D eigenvalue weighted by molar-refractivity contribution is 6.04. The molecule has 0 aliphatic heterocycles. The average molecular weight is 469 g/mol. The lowest BCUT2D eigenvalue weighted by Crippen LogP contribution is -2.28. The van der Waals surface area contributed by atoms with Gasteiger partial charge in [0.25, 0.3) is 12.3 Å². The molecule has 1 aromatic heterocycles. The van der Waals surface area contributed by atoms with Crippen molar-refractivity contribution in [1.82, 2.24) is 9.78 Å². The van der Waals surface area contributed by atoms with Crippen molar-refractivity contribution in [3.63, 3.8) is 0 Å². The molecule has 1 fully saturated rings. The summed E-state index contributed by atoms with van der Waals surface area (Å²) in [6.07, 6.45) is 0.517. The summed E-state index contributed by atoms with van der Waals surface area (Å²) in [5.74, 6) is -0.485. The van der Waals surface area contributed by atoms with Gasteiger partial charge in [0, 0.05) is 23.0 Å². The summed E-state index contributed by atoms with van der Waals surface area (Å²) in [7, 11) is 0. The van der Waals surface area contributed by atoms with E-state index in [2.05, 4.69) is 10.4 Å². The Hall–Kier alpha value is -3.59. The molecular weight excluding hydrogens is 442 g/mol. The Kier molecular flexibility index (Phi) is 6.47. The number of nitrogens with one attached hydrogen (secondary N) is 1. The van der Waals surface area contributed by atoms with Crippen LogP contribution in [0.1, 0.15) is 48.7 Å². The molecule has 0 spiro atoms. The Morgan fingerprint density at radius 3 is 2.50 bits per heavy atom. The fourth-order valence-electron chi connectivity index (χ4n) is 3.49. The van der Waals surface area contributed by atoms with Gasteiger partial charge in [-0.1, -0.05) is 24.3 Å². The smallest absolute Gasteiger partial charge is 0.272 e. The number of benzene rings is 2. The van der Waals surface area contributed by atoms with Gasteiger partial charge in [-0.3, -0.25) is 14.3 Å². The SMILES string of the molecule is CC(C)(N)c1ccc(NC(=O)c2cn(C3CC3)nc(-c3ccccc3OCC(F)F)c2=O)cc1. The number of alkyl halides is 2. The molecule has 1 heterocycles. The first kappa shape index (κ1) is 23.6. The van der Waals surface area contributed by atoms with Crippen LogP contribution in [0.2, 0.25) is 0 Å². The van der Waals surface area contributed by atoms with Gasteiger partial charge in [-0.15, -0.1) is 0 Å². The number of carbonyl (C=O) groups excluding carboxylic acids is 1. The second-order valence-electron chi connectivity index (χ2n) is 8.88. The number of rotatable bonds is 8. The number of ether oxygens (including phenoxy) is 1. The van der Waals surface area contributed by atoms with Gasteiger partial charge in [0.1, 0.15) is 23.6 Å². The number of nitrogens with two attached hydrogens (primary N) is 1. The largest absolute Gasteiger partial charge is 0.487 e. The predicted octanol–water partition coefficient (Wildman–Crippen LogP) is 4.34. The molecular formula is C25H26F2N4O3. The van der Waals surface area contributed by atoms with E-state index in [4.69, 9.17) is 10.5 Å². The number of nitrogens with zero attached hydrogens (tertiary/aromatic N) is 2. The first-order valence-corrected chi connectivity index (χ1v) is 11.0. The Labute approximate surface area is 195 Å². The van der Waals surface area contributed by atoms with Crippen LogP contribution in [0.15, 0.2) is 59.5 Å². The minimum absolute atomic E-state index is 0.0235. The van der Waals surface area contributed by atoms with E-state index >= 15 is 0 Å². The zero-order valence-electron chi connectivity index (χ0n) is 18.9. The molecule has 178 valence electrons. The molecule has 0 atom stereocenters. The maximum atomic E-state index is 13.3. The number of carbonyl (C=O) groups is 1. The van der Waals surface area contributed by atoms with Crippen LogP contribution in [0.5, 0.6) is 5.75 Å². The highest BCUT2D eigenvalue weighted by Gasteiger charge is 2.28. The Bertz CT molecular complexity index is 1250. The van der Waals surface area contributed by atoms with Crippen LogP contribution in [0.3, 0.4) is 0 Å². The van der Waals surface area contributed by atoms with Crippen LogP contribution < -0.4 is 21.2 Å². The van der Waals surface area contributed by atoms with E-state index in [9.17, 15) is 18.4 Å². The fraction of sp³-hybridized carbons (Fsp3) is 0.320. The van der Waals surface area contributed by atoms with Crippen molar-refractivity contribution in [2.24, 2.45) is 5.73 Å².